The molecule has 1 heterocycles. The summed E-state index contributed by atoms with van der Waals surface area (Å²) in [6.07, 6.45) is 0.349. The first-order valence-electron chi connectivity index (χ1n) is 8.28. The molecule has 1 N–H and O–H groups in total. The van der Waals surface area contributed by atoms with E-state index in [1.807, 2.05) is 50.2 Å². The molecule has 3 aromatic rings. The Morgan fingerprint density at radius 2 is 2.15 bits per heavy atom. The quantitative estimate of drug-likeness (QED) is 0.562. The first kappa shape index (κ1) is 19.7. The van der Waals surface area contributed by atoms with Crippen molar-refractivity contribution in [3.63, 3.8) is 0 Å². The number of hydrogen-bond acceptors (Lipinski definition) is 6. The summed E-state index contributed by atoms with van der Waals surface area (Å²) in [6, 6.07) is 13.0. The zero-order chi connectivity index (χ0) is 19.2. The Hall–Kier alpha value is -2.09. The van der Waals surface area contributed by atoms with Crippen LogP contribution >= 0.6 is 34.7 Å². The molecule has 0 fully saturated rings. The van der Waals surface area contributed by atoms with Gasteiger partial charge in [0.15, 0.2) is 4.34 Å². The van der Waals surface area contributed by atoms with Crippen LogP contribution in [-0.2, 0) is 11.2 Å². The summed E-state index contributed by atoms with van der Waals surface area (Å²) in [5.41, 5.74) is 3.22. The molecule has 0 aliphatic heterocycles. The molecular weight excluding hydrogens is 402 g/mol. The zero-order valence-corrected chi connectivity index (χ0v) is 17.2. The van der Waals surface area contributed by atoms with Gasteiger partial charge in [-0.25, -0.2) is 0 Å². The van der Waals surface area contributed by atoms with Gasteiger partial charge < -0.3 is 10.1 Å². The number of halogens is 1. The summed E-state index contributed by atoms with van der Waals surface area (Å²) in [5.74, 6) is 0.647. The molecule has 8 heteroatoms. The van der Waals surface area contributed by atoms with Crippen LogP contribution in [0.25, 0.3) is 0 Å². The van der Waals surface area contributed by atoms with Gasteiger partial charge in [-0.05, 0) is 49.7 Å². The van der Waals surface area contributed by atoms with Crippen LogP contribution in [0.3, 0.4) is 0 Å². The second-order valence-corrected chi connectivity index (χ2v) is 8.52. The fourth-order valence-corrected chi connectivity index (χ4v) is 4.09. The molecule has 3 rings (SSSR count). The number of nitrogens with one attached hydrogen (secondary N) is 1. The van der Waals surface area contributed by atoms with Gasteiger partial charge in [-0.1, -0.05) is 46.8 Å². The van der Waals surface area contributed by atoms with Gasteiger partial charge in [0.25, 0.3) is 0 Å². The highest BCUT2D eigenvalue weighted by molar-refractivity contribution is 8.01. The van der Waals surface area contributed by atoms with Crippen LogP contribution in [0, 0.1) is 0 Å². The Kier molecular flexibility index (Phi) is 6.71. The molecule has 1 amide bonds. The maximum atomic E-state index is 12.4. The molecule has 5 nitrogen and oxygen atoms in total. The number of ether oxygens (including phenoxy) is 1. The number of carbonyl (C=O) groups is 1. The summed E-state index contributed by atoms with van der Waals surface area (Å²) >= 11 is 9.22. The fraction of sp³-hybridized carbons (Fsp3) is 0.211. The molecule has 0 aliphatic rings. The second-order valence-electron chi connectivity index (χ2n) is 5.99. The highest BCUT2D eigenvalue weighted by Crippen LogP contribution is 2.35. The van der Waals surface area contributed by atoms with Crippen LogP contribution < -0.4 is 10.1 Å². The Morgan fingerprint density at radius 1 is 1.30 bits per heavy atom. The third-order valence-electron chi connectivity index (χ3n) is 3.39. The van der Waals surface area contributed by atoms with E-state index in [9.17, 15) is 4.79 Å². The largest absolute Gasteiger partial charge is 0.491 e. The SMILES string of the molecule is CC(C)Oc1cccc(CC(=O)Nc2ccc(Sc3nncs3)c(Cl)c2)c1. The number of benzene rings is 2. The zero-order valence-electron chi connectivity index (χ0n) is 14.8. The number of rotatable bonds is 7. The van der Waals surface area contributed by atoms with E-state index in [-0.39, 0.29) is 18.4 Å². The minimum Gasteiger partial charge on any atom is -0.491 e. The number of aromatic nitrogens is 2. The first-order chi connectivity index (χ1) is 13.0. The number of hydrogen-bond donors (Lipinski definition) is 1. The summed E-state index contributed by atoms with van der Waals surface area (Å²) in [7, 11) is 0. The predicted molar refractivity (Wildman–Crippen MR) is 110 cm³/mol. The number of amides is 1. The van der Waals surface area contributed by atoms with Gasteiger partial charge in [-0.15, -0.1) is 10.2 Å². The van der Waals surface area contributed by atoms with Crippen molar-refractivity contribution in [2.75, 3.05) is 5.32 Å². The van der Waals surface area contributed by atoms with Crippen LogP contribution in [0.4, 0.5) is 5.69 Å². The topological polar surface area (TPSA) is 64.1 Å². The van der Waals surface area contributed by atoms with Crippen molar-refractivity contribution in [1.82, 2.24) is 10.2 Å². The molecule has 0 saturated carbocycles. The lowest BCUT2D eigenvalue weighted by atomic mass is 10.1. The van der Waals surface area contributed by atoms with E-state index < -0.39 is 0 Å². The monoisotopic (exact) mass is 419 g/mol. The molecule has 0 spiro atoms. The van der Waals surface area contributed by atoms with Crippen LogP contribution in [0.15, 0.2) is 57.2 Å². The minimum absolute atomic E-state index is 0.0905. The van der Waals surface area contributed by atoms with Gasteiger partial charge in [-0.3, -0.25) is 4.79 Å². The lowest BCUT2D eigenvalue weighted by molar-refractivity contribution is -0.115. The van der Waals surface area contributed by atoms with Crippen molar-refractivity contribution in [1.29, 1.82) is 0 Å². The van der Waals surface area contributed by atoms with E-state index in [1.165, 1.54) is 23.1 Å². The van der Waals surface area contributed by atoms with Crippen molar-refractivity contribution in [3.05, 3.63) is 58.6 Å². The summed E-state index contributed by atoms with van der Waals surface area (Å²) in [4.78, 5) is 13.2. The third kappa shape index (κ3) is 5.95. The Bertz CT molecular complexity index is 917. The van der Waals surface area contributed by atoms with Gasteiger partial charge in [0.05, 0.1) is 17.5 Å². The molecule has 140 valence electrons. The summed E-state index contributed by atoms with van der Waals surface area (Å²) < 4.78 is 6.48. The molecule has 0 atom stereocenters. The molecular formula is C19H18ClN3O2S2. The number of carbonyl (C=O) groups excluding carboxylic acids is 1. The van der Waals surface area contributed by atoms with E-state index >= 15 is 0 Å². The summed E-state index contributed by atoms with van der Waals surface area (Å²) in [6.45, 7) is 3.94. The molecule has 0 aliphatic carbocycles. The molecule has 0 bridgehead atoms. The van der Waals surface area contributed by atoms with Gasteiger partial charge in [0.1, 0.15) is 11.3 Å². The Morgan fingerprint density at radius 3 is 2.85 bits per heavy atom. The van der Waals surface area contributed by atoms with Gasteiger partial charge in [0, 0.05) is 10.6 Å². The highest BCUT2D eigenvalue weighted by Gasteiger charge is 2.10. The lowest BCUT2D eigenvalue weighted by Crippen LogP contribution is -2.14. The van der Waals surface area contributed by atoms with Crippen LogP contribution in [0.5, 0.6) is 5.75 Å². The van der Waals surface area contributed by atoms with Crippen molar-refractivity contribution in [2.45, 2.75) is 35.6 Å². The fourth-order valence-electron chi connectivity index (χ4n) is 2.35. The smallest absolute Gasteiger partial charge is 0.228 e. The predicted octanol–water partition coefficient (Wildman–Crippen LogP) is 5.31. The number of anilines is 1. The van der Waals surface area contributed by atoms with E-state index in [1.54, 1.807) is 11.6 Å². The summed E-state index contributed by atoms with van der Waals surface area (Å²) in [5, 5.41) is 11.2. The standard InChI is InChI=1S/C19H18ClN3O2S2/c1-12(2)25-15-5-3-4-13(8-15)9-18(24)22-14-6-7-17(16(20)10-14)27-19-23-21-11-26-19/h3-8,10-12H,9H2,1-2H3,(H,22,24). The van der Waals surface area contributed by atoms with Crippen molar-refractivity contribution in [3.8, 4) is 5.75 Å². The second kappa shape index (κ2) is 9.21. The van der Waals surface area contributed by atoms with E-state index in [0.29, 0.717) is 10.7 Å². The van der Waals surface area contributed by atoms with Crippen LogP contribution in [-0.4, -0.2) is 22.2 Å². The van der Waals surface area contributed by atoms with E-state index in [0.717, 1.165) is 20.5 Å². The number of nitrogens with zero attached hydrogens (tertiary/aromatic N) is 2. The molecule has 2 aromatic carbocycles. The molecule has 0 saturated heterocycles. The average molecular weight is 420 g/mol. The van der Waals surface area contributed by atoms with Crippen LogP contribution in [0.2, 0.25) is 5.02 Å². The molecule has 0 radical (unpaired) electrons. The van der Waals surface area contributed by atoms with E-state index in [2.05, 4.69) is 15.5 Å². The normalized spacial score (nSPS) is 10.8. The molecule has 1 aromatic heterocycles. The lowest BCUT2D eigenvalue weighted by Gasteiger charge is -2.11. The van der Waals surface area contributed by atoms with Crippen molar-refractivity contribution >= 4 is 46.3 Å². The maximum absolute atomic E-state index is 12.4. The average Bonchev–Trinajstić information content (AvgIpc) is 3.10. The van der Waals surface area contributed by atoms with Gasteiger partial charge in [0.2, 0.25) is 5.91 Å². The minimum atomic E-state index is -0.114. The van der Waals surface area contributed by atoms with E-state index in [4.69, 9.17) is 16.3 Å². The molecule has 0 unspecified atom stereocenters. The maximum Gasteiger partial charge on any atom is 0.228 e. The molecule has 27 heavy (non-hydrogen) atoms. The Balaban J connectivity index is 1.61. The Labute approximate surface area is 171 Å². The first-order valence-corrected chi connectivity index (χ1v) is 10.4. The van der Waals surface area contributed by atoms with Gasteiger partial charge >= 0.3 is 0 Å². The van der Waals surface area contributed by atoms with Gasteiger partial charge in [-0.2, -0.15) is 0 Å². The van der Waals surface area contributed by atoms with Crippen LogP contribution in [0.1, 0.15) is 19.4 Å². The highest BCUT2D eigenvalue weighted by atomic mass is 35.5. The van der Waals surface area contributed by atoms with Crippen molar-refractivity contribution in [2.24, 2.45) is 0 Å². The third-order valence-corrected chi connectivity index (χ3v) is 5.67. The van der Waals surface area contributed by atoms with Crippen molar-refractivity contribution < 1.29 is 9.53 Å².